The second-order valence-corrected chi connectivity index (χ2v) is 5.85. The fourth-order valence-electron chi connectivity index (χ4n) is 1.67. The SMILES string of the molecule is CCc1nc(-c2ccc(C)c(Br)c2)sc1CN. The Morgan fingerprint density at radius 2 is 2.18 bits per heavy atom. The molecule has 2 N–H and O–H groups in total. The second kappa shape index (κ2) is 5.29. The minimum absolute atomic E-state index is 0.577. The van der Waals surface area contributed by atoms with Crippen LogP contribution >= 0.6 is 27.3 Å². The summed E-state index contributed by atoms with van der Waals surface area (Å²) < 4.78 is 1.12. The molecule has 1 heterocycles. The zero-order valence-electron chi connectivity index (χ0n) is 9.96. The first-order valence-corrected chi connectivity index (χ1v) is 7.21. The maximum atomic E-state index is 5.73. The molecule has 0 spiro atoms. The van der Waals surface area contributed by atoms with Crippen molar-refractivity contribution in [3.05, 3.63) is 38.8 Å². The molecular weight excluding hydrogens is 296 g/mol. The minimum atomic E-state index is 0.577. The van der Waals surface area contributed by atoms with E-state index in [9.17, 15) is 0 Å². The molecule has 2 nitrogen and oxygen atoms in total. The number of rotatable bonds is 3. The van der Waals surface area contributed by atoms with Crippen LogP contribution in [0.5, 0.6) is 0 Å². The molecule has 0 aliphatic rings. The van der Waals surface area contributed by atoms with Gasteiger partial charge in [-0.05, 0) is 25.0 Å². The summed E-state index contributed by atoms with van der Waals surface area (Å²) in [6.07, 6.45) is 0.941. The third-order valence-electron chi connectivity index (χ3n) is 2.72. The Morgan fingerprint density at radius 3 is 2.71 bits per heavy atom. The van der Waals surface area contributed by atoms with Gasteiger partial charge in [0.1, 0.15) is 5.01 Å². The van der Waals surface area contributed by atoms with Crippen LogP contribution in [0.4, 0.5) is 0 Å². The monoisotopic (exact) mass is 310 g/mol. The third-order valence-corrected chi connectivity index (χ3v) is 4.74. The molecule has 1 aromatic carbocycles. The van der Waals surface area contributed by atoms with Crippen molar-refractivity contribution < 1.29 is 0 Å². The van der Waals surface area contributed by atoms with Crippen molar-refractivity contribution in [1.29, 1.82) is 0 Å². The van der Waals surface area contributed by atoms with E-state index >= 15 is 0 Å². The van der Waals surface area contributed by atoms with Crippen LogP contribution in [-0.2, 0) is 13.0 Å². The maximum Gasteiger partial charge on any atom is 0.123 e. The fourth-order valence-corrected chi connectivity index (χ4v) is 3.07. The van der Waals surface area contributed by atoms with Crippen LogP contribution in [-0.4, -0.2) is 4.98 Å². The zero-order valence-corrected chi connectivity index (χ0v) is 12.4. The highest BCUT2D eigenvalue weighted by molar-refractivity contribution is 9.10. The van der Waals surface area contributed by atoms with Gasteiger partial charge in [0.15, 0.2) is 0 Å². The first kappa shape index (κ1) is 12.7. The van der Waals surface area contributed by atoms with Crippen LogP contribution in [0.25, 0.3) is 10.6 Å². The van der Waals surface area contributed by atoms with Crippen LogP contribution in [0.3, 0.4) is 0 Å². The lowest BCUT2D eigenvalue weighted by Crippen LogP contribution is -1.96. The zero-order chi connectivity index (χ0) is 12.4. The Morgan fingerprint density at radius 1 is 1.41 bits per heavy atom. The van der Waals surface area contributed by atoms with E-state index in [0.717, 1.165) is 27.2 Å². The van der Waals surface area contributed by atoms with E-state index < -0.39 is 0 Å². The first-order chi connectivity index (χ1) is 8.15. The van der Waals surface area contributed by atoms with Crippen LogP contribution in [0.2, 0.25) is 0 Å². The smallest absolute Gasteiger partial charge is 0.123 e. The average molecular weight is 311 g/mol. The van der Waals surface area contributed by atoms with Gasteiger partial charge >= 0.3 is 0 Å². The summed E-state index contributed by atoms with van der Waals surface area (Å²) in [6.45, 7) is 4.77. The molecule has 0 saturated heterocycles. The largest absolute Gasteiger partial charge is 0.326 e. The molecule has 2 rings (SSSR count). The standard InChI is InChI=1S/C13H15BrN2S/c1-3-11-12(7-15)17-13(16-11)9-5-4-8(2)10(14)6-9/h4-6H,3,7,15H2,1-2H3. The number of hydrogen-bond donors (Lipinski definition) is 1. The molecule has 90 valence electrons. The van der Waals surface area contributed by atoms with Gasteiger partial charge in [0.2, 0.25) is 0 Å². The normalized spacial score (nSPS) is 10.8. The number of nitrogens with zero attached hydrogens (tertiary/aromatic N) is 1. The molecule has 0 aliphatic carbocycles. The quantitative estimate of drug-likeness (QED) is 0.933. The predicted molar refractivity (Wildman–Crippen MR) is 77.3 cm³/mol. The summed E-state index contributed by atoms with van der Waals surface area (Å²) in [7, 11) is 0. The summed E-state index contributed by atoms with van der Waals surface area (Å²) in [5.41, 5.74) is 9.25. The van der Waals surface area contributed by atoms with Crippen molar-refractivity contribution in [2.45, 2.75) is 26.8 Å². The molecule has 1 aromatic heterocycles. The highest BCUT2D eigenvalue weighted by atomic mass is 79.9. The number of hydrogen-bond acceptors (Lipinski definition) is 3. The van der Waals surface area contributed by atoms with Gasteiger partial charge in [-0.15, -0.1) is 11.3 Å². The number of benzene rings is 1. The molecule has 4 heteroatoms. The molecule has 0 fully saturated rings. The van der Waals surface area contributed by atoms with E-state index in [1.807, 2.05) is 0 Å². The summed E-state index contributed by atoms with van der Waals surface area (Å²) in [5.74, 6) is 0. The lowest BCUT2D eigenvalue weighted by atomic mass is 10.1. The van der Waals surface area contributed by atoms with Crippen LogP contribution in [0, 0.1) is 6.92 Å². The molecule has 0 amide bonds. The number of thiazole rings is 1. The average Bonchev–Trinajstić information content (AvgIpc) is 2.75. The Bertz CT molecular complexity index is 513. The second-order valence-electron chi connectivity index (χ2n) is 3.91. The van der Waals surface area contributed by atoms with Crippen LogP contribution in [0.15, 0.2) is 22.7 Å². The molecule has 0 radical (unpaired) electrons. The van der Waals surface area contributed by atoms with Gasteiger partial charge in [0.05, 0.1) is 5.69 Å². The lowest BCUT2D eigenvalue weighted by Gasteiger charge is -2.00. The van der Waals surface area contributed by atoms with Crippen molar-refractivity contribution >= 4 is 27.3 Å². The van der Waals surface area contributed by atoms with Crippen molar-refractivity contribution in [3.63, 3.8) is 0 Å². The van der Waals surface area contributed by atoms with Gasteiger partial charge in [-0.1, -0.05) is 35.0 Å². The number of aromatic nitrogens is 1. The summed E-state index contributed by atoms with van der Waals surface area (Å²) in [6, 6.07) is 6.33. The van der Waals surface area contributed by atoms with Gasteiger partial charge in [0.25, 0.3) is 0 Å². The maximum absolute atomic E-state index is 5.73. The molecule has 0 aliphatic heterocycles. The lowest BCUT2D eigenvalue weighted by molar-refractivity contribution is 0.989. The fraction of sp³-hybridized carbons (Fsp3) is 0.308. The molecular formula is C13H15BrN2S. The van der Waals surface area contributed by atoms with Crippen molar-refractivity contribution in [2.24, 2.45) is 5.73 Å². The van der Waals surface area contributed by atoms with Gasteiger partial charge in [-0.3, -0.25) is 0 Å². The van der Waals surface area contributed by atoms with E-state index in [4.69, 9.17) is 5.73 Å². The Kier molecular flexibility index (Phi) is 3.97. The third kappa shape index (κ3) is 2.59. The Hall–Kier alpha value is -0.710. The number of halogens is 1. The van der Waals surface area contributed by atoms with Crippen molar-refractivity contribution in [3.8, 4) is 10.6 Å². The Balaban J connectivity index is 2.45. The molecule has 0 unspecified atom stereocenters. The topological polar surface area (TPSA) is 38.9 Å². The molecule has 0 saturated carbocycles. The molecule has 17 heavy (non-hydrogen) atoms. The highest BCUT2D eigenvalue weighted by Crippen LogP contribution is 2.31. The first-order valence-electron chi connectivity index (χ1n) is 5.60. The molecule has 0 atom stereocenters. The van der Waals surface area contributed by atoms with Gasteiger partial charge in [-0.25, -0.2) is 4.98 Å². The van der Waals surface area contributed by atoms with Crippen molar-refractivity contribution in [1.82, 2.24) is 4.98 Å². The van der Waals surface area contributed by atoms with E-state index in [-0.39, 0.29) is 0 Å². The van der Waals surface area contributed by atoms with Crippen LogP contribution < -0.4 is 5.73 Å². The van der Waals surface area contributed by atoms with Gasteiger partial charge in [-0.2, -0.15) is 0 Å². The highest BCUT2D eigenvalue weighted by Gasteiger charge is 2.10. The summed E-state index contributed by atoms with van der Waals surface area (Å²) in [5, 5.41) is 1.06. The van der Waals surface area contributed by atoms with E-state index in [0.29, 0.717) is 6.54 Å². The Labute approximate surface area is 114 Å². The van der Waals surface area contributed by atoms with Gasteiger partial charge in [0, 0.05) is 21.5 Å². The van der Waals surface area contributed by atoms with E-state index in [1.165, 1.54) is 10.4 Å². The van der Waals surface area contributed by atoms with Crippen molar-refractivity contribution in [2.75, 3.05) is 0 Å². The van der Waals surface area contributed by atoms with E-state index in [1.54, 1.807) is 11.3 Å². The van der Waals surface area contributed by atoms with Crippen LogP contribution in [0.1, 0.15) is 23.1 Å². The van der Waals surface area contributed by atoms with Gasteiger partial charge < -0.3 is 5.73 Å². The number of nitrogens with two attached hydrogens (primary N) is 1. The predicted octanol–water partition coefficient (Wildman–Crippen LogP) is 3.90. The summed E-state index contributed by atoms with van der Waals surface area (Å²) >= 11 is 5.25. The molecule has 0 bridgehead atoms. The number of aryl methyl sites for hydroxylation is 2. The minimum Gasteiger partial charge on any atom is -0.326 e. The van der Waals surface area contributed by atoms with E-state index in [2.05, 4.69) is 53.0 Å². The summed E-state index contributed by atoms with van der Waals surface area (Å²) in [4.78, 5) is 5.85. The molecule has 2 aromatic rings.